The molecule has 4 nitrogen and oxygen atoms in total. The molecule has 0 atom stereocenters. The molecule has 5 heteroatoms. The van der Waals surface area contributed by atoms with E-state index in [1.165, 1.54) is 18.4 Å². The van der Waals surface area contributed by atoms with Crippen molar-refractivity contribution in [2.75, 3.05) is 7.11 Å². The molecule has 2 rings (SSSR count). The Morgan fingerprint density at radius 3 is 3.00 bits per heavy atom. The summed E-state index contributed by atoms with van der Waals surface area (Å²) in [4.78, 5) is 15.4. The van der Waals surface area contributed by atoms with Crippen molar-refractivity contribution in [3.63, 3.8) is 0 Å². The van der Waals surface area contributed by atoms with Crippen LogP contribution in [0, 0.1) is 6.92 Å². The second kappa shape index (κ2) is 5.14. The monoisotopic (exact) mass is 251 g/mol. The van der Waals surface area contributed by atoms with Gasteiger partial charge in [0.15, 0.2) is 10.8 Å². The lowest BCUT2D eigenvalue weighted by Crippen LogP contribution is -2.01. The van der Waals surface area contributed by atoms with E-state index in [1.807, 2.05) is 24.4 Å². The molecule has 0 unspecified atom stereocenters. The quantitative estimate of drug-likeness (QED) is 0.784. The number of carbonyl (C=O) groups is 1. The van der Waals surface area contributed by atoms with Crippen LogP contribution in [0.4, 0.5) is 0 Å². The zero-order chi connectivity index (χ0) is 12.3. The van der Waals surface area contributed by atoms with Gasteiger partial charge < -0.3 is 9.15 Å². The zero-order valence-electron chi connectivity index (χ0n) is 9.73. The van der Waals surface area contributed by atoms with Gasteiger partial charge in [0.25, 0.3) is 0 Å². The second-order valence-corrected chi connectivity index (χ2v) is 4.49. The summed E-state index contributed by atoms with van der Waals surface area (Å²) in [6.07, 6.45) is 0.958. The smallest absolute Gasteiger partial charge is 0.305 e. The van der Waals surface area contributed by atoms with Gasteiger partial charge in [0.05, 0.1) is 19.2 Å². The molecule has 0 aromatic carbocycles. The van der Waals surface area contributed by atoms with Crippen LogP contribution in [0.25, 0.3) is 10.8 Å². The molecule has 0 saturated carbocycles. The van der Waals surface area contributed by atoms with Crippen LogP contribution in [-0.4, -0.2) is 18.1 Å². The Morgan fingerprint density at radius 1 is 1.53 bits per heavy atom. The number of rotatable bonds is 4. The highest BCUT2D eigenvalue weighted by molar-refractivity contribution is 7.13. The molecule has 0 aliphatic carbocycles. The number of methoxy groups -OCH3 is 1. The van der Waals surface area contributed by atoms with Crippen molar-refractivity contribution in [3.05, 3.63) is 29.0 Å². The molecule has 0 amide bonds. The lowest BCUT2D eigenvalue weighted by molar-refractivity contribution is -0.140. The van der Waals surface area contributed by atoms with Crippen molar-refractivity contribution in [2.24, 2.45) is 0 Å². The molecule has 2 aromatic rings. The standard InChI is InChI=1S/C12H13NO3S/c1-8-3-5-10(16-8)12-13-9(7-17-12)4-6-11(14)15-2/h3,5,7H,4,6H2,1-2H3. The fourth-order valence-corrected chi connectivity index (χ4v) is 2.23. The van der Waals surface area contributed by atoms with Crippen LogP contribution >= 0.6 is 11.3 Å². The summed E-state index contributed by atoms with van der Waals surface area (Å²) in [6.45, 7) is 1.90. The third-order valence-corrected chi connectivity index (χ3v) is 3.22. The predicted molar refractivity (Wildman–Crippen MR) is 64.9 cm³/mol. The van der Waals surface area contributed by atoms with Crippen LogP contribution in [0.1, 0.15) is 17.9 Å². The molecular formula is C12H13NO3S. The summed E-state index contributed by atoms with van der Waals surface area (Å²) in [5.74, 6) is 1.43. The average molecular weight is 251 g/mol. The van der Waals surface area contributed by atoms with E-state index in [4.69, 9.17) is 4.42 Å². The number of carbonyl (C=O) groups excluding carboxylic acids is 1. The normalized spacial score (nSPS) is 10.5. The van der Waals surface area contributed by atoms with E-state index in [9.17, 15) is 4.79 Å². The highest BCUT2D eigenvalue weighted by Crippen LogP contribution is 2.25. The molecule has 0 N–H and O–H groups in total. The van der Waals surface area contributed by atoms with Crippen LogP contribution in [-0.2, 0) is 16.0 Å². The minimum atomic E-state index is -0.214. The summed E-state index contributed by atoms with van der Waals surface area (Å²) in [7, 11) is 1.39. The number of hydrogen-bond acceptors (Lipinski definition) is 5. The third-order valence-electron chi connectivity index (χ3n) is 2.32. The fourth-order valence-electron chi connectivity index (χ4n) is 1.42. The minimum absolute atomic E-state index is 0.214. The highest BCUT2D eigenvalue weighted by atomic mass is 32.1. The highest BCUT2D eigenvalue weighted by Gasteiger charge is 2.09. The fraction of sp³-hybridized carbons (Fsp3) is 0.333. The van der Waals surface area contributed by atoms with Crippen molar-refractivity contribution >= 4 is 17.3 Å². The van der Waals surface area contributed by atoms with Crippen LogP contribution in [0.2, 0.25) is 0 Å². The van der Waals surface area contributed by atoms with Gasteiger partial charge in [-0.25, -0.2) is 4.98 Å². The van der Waals surface area contributed by atoms with E-state index in [0.717, 1.165) is 22.2 Å². The van der Waals surface area contributed by atoms with E-state index in [2.05, 4.69) is 9.72 Å². The largest absolute Gasteiger partial charge is 0.469 e. The molecule has 0 radical (unpaired) electrons. The lowest BCUT2D eigenvalue weighted by Gasteiger charge is -1.95. The number of ether oxygens (including phenoxy) is 1. The van der Waals surface area contributed by atoms with Gasteiger partial charge in [-0.1, -0.05) is 0 Å². The number of thiazole rings is 1. The Balaban J connectivity index is 2.03. The third kappa shape index (κ3) is 2.94. The summed E-state index contributed by atoms with van der Waals surface area (Å²) in [5.41, 5.74) is 0.893. The maximum absolute atomic E-state index is 11.0. The zero-order valence-corrected chi connectivity index (χ0v) is 10.5. The predicted octanol–water partition coefficient (Wildman–Crippen LogP) is 2.82. The van der Waals surface area contributed by atoms with Crippen molar-refractivity contribution < 1.29 is 13.9 Å². The Hall–Kier alpha value is -1.62. The van der Waals surface area contributed by atoms with Gasteiger partial charge in [-0.3, -0.25) is 4.79 Å². The molecule has 0 aliphatic rings. The molecule has 2 aromatic heterocycles. The molecule has 0 bridgehead atoms. The van der Waals surface area contributed by atoms with Gasteiger partial charge in [-0.05, 0) is 19.1 Å². The maximum Gasteiger partial charge on any atom is 0.305 e. The number of nitrogens with zero attached hydrogens (tertiary/aromatic N) is 1. The average Bonchev–Trinajstić information content (AvgIpc) is 2.94. The van der Waals surface area contributed by atoms with Crippen LogP contribution in [0.15, 0.2) is 21.9 Å². The Morgan fingerprint density at radius 2 is 2.35 bits per heavy atom. The molecule has 90 valence electrons. The van der Waals surface area contributed by atoms with Gasteiger partial charge >= 0.3 is 5.97 Å². The number of esters is 1. The molecule has 17 heavy (non-hydrogen) atoms. The Kier molecular flexibility index (Phi) is 3.58. The first-order chi connectivity index (χ1) is 8.19. The van der Waals surface area contributed by atoms with Crippen molar-refractivity contribution in [1.82, 2.24) is 4.98 Å². The van der Waals surface area contributed by atoms with Gasteiger partial charge in [-0.2, -0.15) is 0 Å². The van der Waals surface area contributed by atoms with Crippen LogP contribution in [0.3, 0.4) is 0 Å². The first-order valence-corrected chi connectivity index (χ1v) is 6.15. The summed E-state index contributed by atoms with van der Waals surface area (Å²) < 4.78 is 10.1. The van der Waals surface area contributed by atoms with Gasteiger partial charge in [0, 0.05) is 11.8 Å². The first kappa shape index (κ1) is 11.9. The first-order valence-electron chi connectivity index (χ1n) is 5.27. The molecular weight excluding hydrogens is 238 g/mol. The number of hydrogen-bond donors (Lipinski definition) is 0. The van der Waals surface area contributed by atoms with E-state index < -0.39 is 0 Å². The van der Waals surface area contributed by atoms with Crippen LogP contribution < -0.4 is 0 Å². The minimum Gasteiger partial charge on any atom is -0.469 e. The Bertz CT molecular complexity index is 515. The number of aromatic nitrogens is 1. The lowest BCUT2D eigenvalue weighted by atomic mass is 10.2. The topological polar surface area (TPSA) is 52.3 Å². The molecule has 0 saturated heterocycles. The summed E-state index contributed by atoms with van der Waals surface area (Å²) in [6, 6.07) is 3.81. The molecule has 0 spiro atoms. The van der Waals surface area contributed by atoms with Crippen molar-refractivity contribution in [1.29, 1.82) is 0 Å². The van der Waals surface area contributed by atoms with Gasteiger partial charge in [0.2, 0.25) is 0 Å². The molecule has 0 fully saturated rings. The number of aryl methyl sites for hydroxylation is 2. The van der Waals surface area contributed by atoms with Crippen LogP contribution in [0.5, 0.6) is 0 Å². The van der Waals surface area contributed by atoms with E-state index in [-0.39, 0.29) is 5.97 Å². The van der Waals surface area contributed by atoms with Crippen molar-refractivity contribution in [2.45, 2.75) is 19.8 Å². The molecule has 0 aliphatic heterocycles. The van der Waals surface area contributed by atoms with E-state index >= 15 is 0 Å². The van der Waals surface area contributed by atoms with Gasteiger partial charge in [-0.15, -0.1) is 11.3 Å². The maximum atomic E-state index is 11.0. The second-order valence-electron chi connectivity index (χ2n) is 3.63. The summed E-state index contributed by atoms with van der Waals surface area (Å²) in [5, 5.41) is 2.79. The van der Waals surface area contributed by atoms with E-state index in [0.29, 0.717) is 12.8 Å². The summed E-state index contributed by atoms with van der Waals surface area (Å²) >= 11 is 1.52. The SMILES string of the molecule is COC(=O)CCc1csc(-c2ccc(C)o2)n1. The van der Waals surface area contributed by atoms with Gasteiger partial charge in [0.1, 0.15) is 5.76 Å². The number of furan rings is 1. The Labute approximate surface area is 103 Å². The van der Waals surface area contributed by atoms with E-state index in [1.54, 1.807) is 0 Å². The molecule has 2 heterocycles. The van der Waals surface area contributed by atoms with Crippen molar-refractivity contribution in [3.8, 4) is 10.8 Å².